The van der Waals surface area contributed by atoms with E-state index in [4.69, 9.17) is 14.6 Å². The van der Waals surface area contributed by atoms with E-state index in [1.807, 2.05) is 0 Å². The van der Waals surface area contributed by atoms with Crippen molar-refractivity contribution in [1.29, 1.82) is 0 Å². The summed E-state index contributed by atoms with van der Waals surface area (Å²) in [6.07, 6.45) is -1.43. The van der Waals surface area contributed by atoms with Gasteiger partial charge < -0.3 is 29.8 Å². The van der Waals surface area contributed by atoms with Gasteiger partial charge in [-0.3, -0.25) is 18.7 Å². The van der Waals surface area contributed by atoms with Gasteiger partial charge in [-0.1, -0.05) is 11.8 Å². The molecular formula is C15H17F2N6NaO8S2. The Bertz CT molecular complexity index is 1010. The second kappa shape index (κ2) is 11.9. The number of hydrogen-bond donors (Lipinski definition) is 2. The maximum Gasteiger partial charge on any atom is 1.00 e. The number of methoxy groups -OCH3 is 1. The van der Waals surface area contributed by atoms with Crippen molar-refractivity contribution < 1.29 is 76.6 Å². The molecule has 14 nitrogen and oxygen atoms in total. The first-order valence-corrected chi connectivity index (χ1v) is 11.4. The van der Waals surface area contributed by atoms with Crippen molar-refractivity contribution in [2.45, 2.75) is 29.4 Å². The number of thioether (sulfide) groups is 1. The number of halogens is 2. The van der Waals surface area contributed by atoms with Crippen molar-refractivity contribution >= 4 is 40.3 Å². The minimum absolute atomic E-state index is 0. The number of aliphatic hydroxyl groups excluding tert-OH is 1. The molecule has 1 fully saturated rings. The van der Waals surface area contributed by atoms with Gasteiger partial charge in [0.15, 0.2) is 6.23 Å². The van der Waals surface area contributed by atoms with Crippen LogP contribution in [0.2, 0.25) is 0 Å². The number of β-lactam (4-membered cyclic amide) rings is 1. The minimum Gasteiger partial charge on any atom is -0.543 e. The molecule has 3 rings (SSSR count). The van der Waals surface area contributed by atoms with Crippen molar-refractivity contribution in [2.24, 2.45) is 0 Å². The van der Waals surface area contributed by atoms with E-state index in [1.54, 1.807) is 0 Å². The number of tetrazole rings is 1. The number of carbonyl (C=O) groups is 3. The van der Waals surface area contributed by atoms with Gasteiger partial charge in [-0.15, -0.1) is 5.10 Å². The van der Waals surface area contributed by atoms with Gasteiger partial charge in [0, 0.05) is 12.9 Å². The Hall–Kier alpha value is -1.54. The van der Waals surface area contributed by atoms with Crippen LogP contribution in [0.5, 0.6) is 0 Å². The Morgan fingerprint density at radius 1 is 1.50 bits per heavy atom. The molecule has 1 aromatic heterocycles. The largest absolute Gasteiger partial charge is 1.00 e. The van der Waals surface area contributed by atoms with Crippen LogP contribution in [0.3, 0.4) is 0 Å². The number of nitrogens with zero attached hydrogens (tertiary/aromatic N) is 5. The number of carboxylic acids is 1. The first-order chi connectivity index (χ1) is 15.7. The van der Waals surface area contributed by atoms with Crippen molar-refractivity contribution in [1.82, 2.24) is 30.4 Å². The Kier molecular flexibility index (Phi) is 10.1. The summed E-state index contributed by atoms with van der Waals surface area (Å²) in [7, 11) is -1.77. The Balaban J connectivity index is 0.00000408. The number of aliphatic hydroxyl groups is 1. The van der Waals surface area contributed by atoms with E-state index in [-0.39, 0.29) is 65.8 Å². The number of rotatable bonds is 11. The van der Waals surface area contributed by atoms with Gasteiger partial charge in [0.05, 0.1) is 42.2 Å². The van der Waals surface area contributed by atoms with Gasteiger partial charge in [-0.05, 0) is 16.0 Å². The fraction of sp³-hybridized carbons (Fsp3) is 0.600. The zero-order valence-electron chi connectivity index (χ0n) is 17.8. The van der Waals surface area contributed by atoms with Gasteiger partial charge in [0.1, 0.15) is 5.75 Å². The molecule has 2 N–H and O–H groups in total. The van der Waals surface area contributed by atoms with Crippen LogP contribution in [-0.4, -0.2) is 102 Å². The average molecular weight is 534 g/mol. The van der Waals surface area contributed by atoms with E-state index in [1.165, 1.54) is 4.68 Å². The van der Waals surface area contributed by atoms with E-state index < -0.39 is 57.7 Å². The van der Waals surface area contributed by atoms with Crippen molar-refractivity contribution in [2.75, 3.05) is 31.8 Å². The second-order valence-corrected chi connectivity index (χ2v) is 8.90. The van der Waals surface area contributed by atoms with E-state index in [9.17, 15) is 32.5 Å². The third-order valence-corrected chi connectivity index (χ3v) is 6.60. The normalized spacial score (nSPS) is 22.7. The van der Waals surface area contributed by atoms with Crippen molar-refractivity contribution in [3.63, 3.8) is 0 Å². The molecule has 182 valence electrons. The Morgan fingerprint density at radius 3 is 2.79 bits per heavy atom. The molecule has 3 heterocycles. The molecule has 34 heavy (non-hydrogen) atoms. The standard InChI is InChI=1S/C15H18F2N6O8S2.Na/c1-30-15(18-8(25)6-33(29)13(16)17)11(28)23-9(10(26)27)7(4-31-12(15)23)5-32-14-19-20-21-22(14)2-3-24;/h12-13,24H,2-6H2,1H3,(H,18,25)(H,26,27);/q;+1/p-1/t12-,15+,33?;/m1./s1. The van der Waals surface area contributed by atoms with E-state index in [2.05, 4.69) is 20.8 Å². The minimum atomic E-state index is -3.26. The summed E-state index contributed by atoms with van der Waals surface area (Å²) in [5.74, 6) is -8.31. The van der Waals surface area contributed by atoms with Crippen LogP contribution in [0.15, 0.2) is 16.4 Å². The number of fused-ring (bicyclic) bond motifs is 1. The van der Waals surface area contributed by atoms with Gasteiger partial charge in [0.25, 0.3) is 11.6 Å². The van der Waals surface area contributed by atoms with Gasteiger partial charge in [-0.25, -0.2) is 4.68 Å². The summed E-state index contributed by atoms with van der Waals surface area (Å²) >= 11 is 1.02. The first-order valence-electron chi connectivity index (χ1n) is 9.06. The smallest absolute Gasteiger partial charge is 0.543 e. The van der Waals surface area contributed by atoms with Crippen LogP contribution in [0.4, 0.5) is 8.78 Å². The molecule has 1 saturated heterocycles. The third kappa shape index (κ3) is 5.48. The number of aliphatic carboxylic acids is 1. The number of hydrogen-bond acceptors (Lipinski definition) is 12. The van der Waals surface area contributed by atoms with Crippen LogP contribution >= 0.6 is 11.8 Å². The zero-order valence-corrected chi connectivity index (χ0v) is 21.4. The first kappa shape index (κ1) is 28.7. The molecule has 1 unspecified atom stereocenters. The molecule has 0 spiro atoms. The fourth-order valence-electron chi connectivity index (χ4n) is 3.16. The SMILES string of the molecule is CO[C@@]1(NC(=O)CS(=O)C(F)F)C(=O)N2C(C(=O)[O-])=C(CSc3nnnn3CCO)CO[C@@H]21.[Na+]. The Labute approximate surface area is 219 Å². The summed E-state index contributed by atoms with van der Waals surface area (Å²) in [4.78, 5) is 37.4. The van der Waals surface area contributed by atoms with Crippen LogP contribution in [-0.2, 0) is 41.2 Å². The maximum absolute atomic E-state index is 12.8. The van der Waals surface area contributed by atoms with E-state index in [0.29, 0.717) is 4.90 Å². The van der Waals surface area contributed by atoms with E-state index in [0.717, 1.165) is 18.9 Å². The molecule has 0 bridgehead atoms. The van der Waals surface area contributed by atoms with Gasteiger partial charge in [0.2, 0.25) is 11.1 Å². The predicted molar refractivity (Wildman–Crippen MR) is 101 cm³/mol. The molecule has 1 aromatic rings. The molecule has 0 saturated carbocycles. The monoisotopic (exact) mass is 534 g/mol. The number of alkyl halides is 2. The van der Waals surface area contributed by atoms with Crippen LogP contribution in [0.25, 0.3) is 0 Å². The molecule has 2 aliphatic heterocycles. The van der Waals surface area contributed by atoms with Gasteiger partial charge in [-0.2, -0.15) is 8.78 Å². The third-order valence-electron chi connectivity index (χ3n) is 4.61. The Morgan fingerprint density at radius 2 is 2.21 bits per heavy atom. The molecule has 0 aliphatic carbocycles. The van der Waals surface area contributed by atoms with Crippen LogP contribution in [0, 0.1) is 0 Å². The summed E-state index contributed by atoms with van der Waals surface area (Å²) < 4.78 is 48.0. The molecular weight excluding hydrogens is 517 g/mol. The molecule has 3 atom stereocenters. The summed E-state index contributed by atoms with van der Waals surface area (Å²) in [5.41, 5.74) is -2.56. The van der Waals surface area contributed by atoms with E-state index >= 15 is 0 Å². The molecule has 19 heteroatoms. The van der Waals surface area contributed by atoms with Gasteiger partial charge >= 0.3 is 35.3 Å². The van der Waals surface area contributed by atoms with Crippen LogP contribution < -0.4 is 40.0 Å². The number of nitrogens with one attached hydrogen (secondary N) is 1. The number of ether oxygens (including phenoxy) is 2. The number of carbonyl (C=O) groups excluding carboxylic acids is 3. The maximum atomic E-state index is 12.8. The quantitative estimate of drug-likeness (QED) is 0.118. The molecule has 2 aliphatic rings. The number of carboxylic acid groups (broad SMARTS) is 1. The van der Waals surface area contributed by atoms with Crippen molar-refractivity contribution in [3.05, 3.63) is 11.3 Å². The molecule has 0 aromatic carbocycles. The van der Waals surface area contributed by atoms with Crippen LogP contribution in [0.1, 0.15) is 0 Å². The molecule has 0 radical (unpaired) electrons. The summed E-state index contributed by atoms with van der Waals surface area (Å²) in [6.45, 7) is -0.429. The van der Waals surface area contributed by atoms with Crippen molar-refractivity contribution in [3.8, 4) is 0 Å². The topological polar surface area (TPSA) is 189 Å². The zero-order chi connectivity index (χ0) is 24.3. The summed E-state index contributed by atoms with van der Waals surface area (Å²) in [5, 5.41) is 34.1. The molecule has 2 amide bonds. The number of aromatic nitrogens is 4. The average Bonchev–Trinajstić information content (AvgIpc) is 3.22. The predicted octanol–water partition coefficient (Wildman–Crippen LogP) is -6.61. The number of amides is 2. The summed E-state index contributed by atoms with van der Waals surface area (Å²) in [6, 6.07) is 0. The second-order valence-electron chi connectivity index (χ2n) is 6.55. The fourth-order valence-corrected chi connectivity index (χ4v) is 4.52.